The molecule has 3 rings (SSSR count). The molecule has 27 heavy (non-hydrogen) atoms. The minimum atomic E-state index is -4.75. The third-order valence-electron chi connectivity index (χ3n) is 4.19. The van der Waals surface area contributed by atoms with Crippen LogP contribution >= 0.6 is 23.4 Å². The molecule has 1 aliphatic heterocycles. The minimum absolute atomic E-state index is 0.126. The van der Waals surface area contributed by atoms with Gasteiger partial charge in [0, 0.05) is 22.8 Å². The molecule has 0 radical (unpaired) electrons. The zero-order chi connectivity index (χ0) is 19.6. The van der Waals surface area contributed by atoms with E-state index in [2.05, 4.69) is 5.10 Å². The van der Waals surface area contributed by atoms with Crippen LogP contribution in [0.15, 0.2) is 41.5 Å². The van der Waals surface area contributed by atoms with Crippen LogP contribution in [0.3, 0.4) is 0 Å². The summed E-state index contributed by atoms with van der Waals surface area (Å²) in [6.07, 6.45) is -4.51. The van der Waals surface area contributed by atoms with Crippen molar-refractivity contribution in [3.05, 3.63) is 63.9 Å². The number of alkyl halides is 3. The van der Waals surface area contributed by atoms with E-state index in [-0.39, 0.29) is 17.7 Å². The van der Waals surface area contributed by atoms with Gasteiger partial charge in [-0.3, -0.25) is 5.01 Å². The van der Waals surface area contributed by atoms with Crippen molar-refractivity contribution in [3.63, 3.8) is 0 Å². The maximum Gasteiger partial charge on any atom is 0.419 e. The number of nitrogens with zero attached hydrogens (tertiary/aromatic N) is 2. The molecule has 0 spiro atoms. The fourth-order valence-electron chi connectivity index (χ4n) is 2.93. The van der Waals surface area contributed by atoms with Crippen LogP contribution in [0.4, 0.5) is 23.2 Å². The number of anilines is 1. The summed E-state index contributed by atoms with van der Waals surface area (Å²) in [5.74, 6) is 0.434. The van der Waals surface area contributed by atoms with Gasteiger partial charge in [0.2, 0.25) is 0 Å². The number of halogens is 5. The van der Waals surface area contributed by atoms with E-state index in [1.165, 1.54) is 12.1 Å². The molecule has 0 aromatic heterocycles. The van der Waals surface area contributed by atoms with Crippen LogP contribution in [-0.2, 0) is 12.6 Å². The van der Waals surface area contributed by atoms with E-state index in [1.54, 1.807) is 35.0 Å². The second kappa shape index (κ2) is 8.10. The van der Waals surface area contributed by atoms with E-state index in [0.717, 1.165) is 28.8 Å². The number of benzene rings is 2. The summed E-state index contributed by atoms with van der Waals surface area (Å²) in [5, 5.41) is 6.70. The van der Waals surface area contributed by atoms with Crippen molar-refractivity contribution in [3.8, 4) is 0 Å². The van der Waals surface area contributed by atoms with Gasteiger partial charge in [0.15, 0.2) is 0 Å². The summed E-state index contributed by atoms with van der Waals surface area (Å²) in [5.41, 5.74) is 0.518. The highest BCUT2D eigenvalue weighted by Crippen LogP contribution is 2.35. The van der Waals surface area contributed by atoms with Crippen LogP contribution in [0.25, 0.3) is 0 Å². The van der Waals surface area contributed by atoms with Crippen molar-refractivity contribution in [1.82, 2.24) is 0 Å². The van der Waals surface area contributed by atoms with E-state index in [1.807, 2.05) is 6.92 Å². The van der Waals surface area contributed by atoms with Gasteiger partial charge in [-0.2, -0.15) is 30.0 Å². The zero-order valence-electron chi connectivity index (χ0n) is 14.5. The maximum absolute atomic E-state index is 14.6. The molecule has 2 aromatic carbocycles. The normalized spacial score (nSPS) is 14.1. The molecular weight excluding hydrogens is 400 g/mol. The van der Waals surface area contributed by atoms with Gasteiger partial charge in [0.05, 0.1) is 23.5 Å². The van der Waals surface area contributed by atoms with Gasteiger partial charge in [-0.25, -0.2) is 4.39 Å². The Morgan fingerprint density at radius 3 is 2.70 bits per heavy atom. The highest BCUT2D eigenvalue weighted by molar-refractivity contribution is 7.99. The highest BCUT2D eigenvalue weighted by Gasteiger charge is 2.36. The van der Waals surface area contributed by atoms with Crippen molar-refractivity contribution in [1.29, 1.82) is 0 Å². The van der Waals surface area contributed by atoms with Crippen molar-refractivity contribution in [2.45, 2.75) is 19.5 Å². The quantitative estimate of drug-likeness (QED) is 0.437. The molecule has 0 amide bonds. The van der Waals surface area contributed by atoms with Crippen LogP contribution in [0.1, 0.15) is 23.6 Å². The Balaban J connectivity index is 2.02. The van der Waals surface area contributed by atoms with Gasteiger partial charge in [-0.1, -0.05) is 36.7 Å². The van der Waals surface area contributed by atoms with E-state index >= 15 is 0 Å². The first-order valence-corrected chi connectivity index (χ1v) is 9.91. The first kappa shape index (κ1) is 20.0. The lowest BCUT2D eigenvalue weighted by Crippen LogP contribution is -2.29. The Labute approximate surface area is 164 Å². The summed E-state index contributed by atoms with van der Waals surface area (Å²) >= 11 is 7.81. The van der Waals surface area contributed by atoms with Gasteiger partial charge < -0.3 is 0 Å². The minimum Gasteiger partial charge on any atom is -0.264 e. The molecule has 2 aromatic rings. The number of hydrazone groups is 1. The maximum atomic E-state index is 14.6. The molecule has 0 atom stereocenters. The molecule has 0 saturated carbocycles. The zero-order valence-corrected chi connectivity index (χ0v) is 16.1. The lowest BCUT2D eigenvalue weighted by atomic mass is 9.97. The number of fused-ring (bicyclic) bond motifs is 1. The van der Waals surface area contributed by atoms with Crippen molar-refractivity contribution >= 4 is 34.8 Å². The summed E-state index contributed by atoms with van der Waals surface area (Å²) in [6, 6.07) is 8.58. The highest BCUT2D eigenvalue weighted by atomic mass is 35.5. The van der Waals surface area contributed by atoms with Crippen LogP contribution in [0.5, 0.6) is 0 Å². The Bertz CT molecular complexity index is 867. The van der Waals surface area contributed by atoms with E-state index in [0.29, 0.717) is 11.6 Å². The largest absolute Gasteiger partial charge is 0.419 e. The molecule has 0 N–H and O–H groups in total. The van der Waals surface area contributed by atoms with Gasteiger partial charge in [0.25, 0.3) is 0 Å². The molecule has 1 heterocycles. The molecule has 2 nitrogen and oxygen atoms in total. The van der Waals surface area contributed by atoms with Crippen LogP contribution in [0, 0.1) is 5.82 Å². The van der Waals surface area contributed by atoms with Crippen LogP contribution < -0.4 is 5.01 Å². The monoisotopic (exact) mass is 416 g/mol. The summed E-state index contributed by atoms with van der Waals surface area (Å²) in [6.45, 7) is 2.59. The van der Waals surface area contributed by atoms with Crippen molar-refractivity contribution in [2.75, 3.05) is 23.1 Å². The topological polar surface area (TPSA) is 15.6 Å². The summed E-state index contributed by atoms with van der Waals surface area (Å²) in [4.78, 5) is 0. The SMILES string of the molecule is CCSCCN1N=C(c2cccc(C(F)(F)F)c2F)Cc2ccc(Cl)cc21. The average Bonchev–Trinajstić information content (AvgIpc) is 2.61. The fraction of sp³-hybridized carbons (Fsp3) is 0.316. The lowest BCUT2D eigenvalue weighted by Gasteiger charge is -2.28. The van der Waals surface area contributed by atoms with E-state index in [9.17, 15) is 17.6 Å². The van der Waals surface area contributed by atoms with E-state index < -0.39 is 17.6 Å². The first-order chi connectivity index (χ1) is 12.8. The predicted octanol–water partition coefficient (Wildman–Crippen LogP) is 6.02. The van der Waals surface area contributed by atoms with Crippen LogP contribution in [-0.4, -0.2) is 23.8 Å². The van der Waals surface area contributed by atoms with Gasteiger partial charge in [-0.15, -0.1) is 0 Å². The predicted molar refractivity (Wildman–Crippen MR) is 103 cm³/mol. The standard InChI is InChI=1S/C19H17ClF4N2S/c1-2-27-9-8-26-17-11-13(20)7-6-12(17)10-16(25-26)14-4-3-5-15(18(14)21)19(22,23)24/h3-7,11H,2,8-10H2,1H3. The van der Waals surface area contributed by atoms with Gasteiger partial charge >= 0.3 is 6.18 Å². The second-order valence-corrected chi connectivity index (χ2v) is 7.81. The molecule has 0 fully saturated rings. The number of hydrogen-bond donors (Lipinski definition) is 0. The molecule has 0 unspecified atom stereocenters. The molecule has 0 saturated heterocycles. The average molecular weight is 417 g/mol. The van der Waals surface area contributed by atoms with Crippen LogP contribution in [0.2, 0.25) is 5.02 Å². The van der Waals surface area contributed by atoms with Crippen molar-refractivity contribution < 1.29 is 17.6 Å². The summed E-state index contributed by atoms with van der Waals surface area (Å²) < 4.78 is 53.7. The second-order valence-electron chi connectivity index (χ2n) is 5.98. The number of hydrogen-bond acceptors (Lipinski definition) is 3. The molecule has 0 aliphatic carbocycles. The molecule has 0 bridgehead atoms. The smallest absolute Gasteiger partial charge is 0.264 e. The van der Waals surface area contributed by atoms with Gasteiger partial charge in [-0.05, 0) is 29.5 Å². The Hall–Kier alpha value is -1.73. The van der Waals surface area contributed by atoms with Gasteiger partial charge in [0.1, 0.15) is 5.82 Å². The molecule has 1 aliphatic rings. The third-order valence-corrected chi connectivity index (χ3v) is 5.31. The number of rotatable bonds is 5. The summed E-state index contributed by atoms with van der Waals surface area (Å²) in [7, 11) is 0. The molecule has 144 valence electrons. The number of thioether (sulfide) groups is 1. The van der Waals surface area contributed by atoms with E-state index in [4.69, 9.17) is 11.6 Å². The Kier molecular flexibility index (Phi) is 6.01. The first-order valence-electron chi connectivity index (χ1n) is 8.38. The molecule has 8 heteroatoms. The van der Waals surface area contributed by atoms with Crippen molar-refractivity contribution in [2.24, 2.45) is 5.10 Å². The fourth-order valence-corrected chi connectivity index (χ4v) is 3.69. The molecular formula is C19H17ClF4N2S. The third kappa shape index (κ3) is 4.41. The lowest BCUT2D eigenvalue weighted by molar-refractivity contribution is -0.140. The Morgan fingerprint density at radius 2 is 2.00 bits per heavy atom. The Morgan fingerprint density at radius 1 is 1.22 bits per heavy atom.